The average molecular weight is 397 g/mol. The maximum atomic E-state index is 6.17. The molecule has 3 nitrogen and oxygen atoms in total. The maximum absolute atomic E-state index is 6.17. The molecule has 4 rings (SSSR count). The van der Waals surface area contributed by atoms with Crippen LogP contribution in [0.3, 0.4) is 0 Å². The number of piperazine rings is 1. The number of rotatable bonds is 6. The zero-order valence-electron chi connectivity index (χ0n) is 17.0. The van der Waals surface area contributed by atoms with E-state index in [0.717, 1.165) is 56.4 Å². The molecule has 1 aliphatic heterocycles. The van der Waals surface area contributed by atoms with Crippen molar-refractivity contribution >= 4 is 18.3 Å². The van der Waals surface area contributed by atoms with Crippen molar-refractivity contribution in [3.8, 4) is 5.75 Å². The molecule has 0 saturated carbocycles. The molecule has 1 heterocycles. The zero-order valence-corrected chi connectivity index (χ0v) is 17.9. The molecule has 1 aliphatic carbocycles. The van der Waals surface area contributed by atoms with Crippen molar-refractivity contribution in [1.82, 2.24) is 4.90 Å². The third-order valence-electron chi connectivity index (χ3n) is 6.22. The molecule has 2 aromatic carbocycles. The third kappa shape index (κ3) is 4.49. The highest BCUT2D eigenvalue weighted by atomic mass is 32.1. The van der Waals surface area contributed by atoms with Crippen LogP contribution in [0.2, 0.25) is 0 Å². The van der Waals surface area contributed by atoms with Crippen LogP contribution in [-0.2, 0) is 12.8 Å². The van der Waals surface area contributed by atoms with Gasteiger partial charge >= 0.3 is 0 Å². The Kier molecular flexibility index (Phi) is 6.48. The number of ether oxygens (including phenoxy) is 1. The highest BCUT2D eigenvalue weighted by Gasteiger charge is 2.19. The molecule has 0 radical (unpaired) electrons. The number of nitrogens with zero attached hydrogens (tertiary/aromatic N) is 2. The fourth-order valence-electron chi connectivity index (χ4n) is 4.52. The van der Waals surface area contributed by atoms with Crippen LogP contribution in [0.5, 0.6) is 5.75 Å². The summed E-state index contributed by atoms with van der Waals surface area (Å²) in [6.45, 7) is 8.53. The van der Waals surface area contributed by atoms with E-state index in [4.69, 9.17) is 4.74 Å². The number of hydrogen-bond acceptors (Lipinski definition) is 4. The van der Waals surface area contributed by atoms with E-state index in [1.54, 1.807) is 0 Å². The molecule has 0 spiro atoms. The normalized spacial score (nSPS) is 17.4. The van der Waals surface area contributed by atoms with Gasteiger partial charge in [0.05, 0.1) is 6.61 Å². The molecular formula is C24H32N2OS. The number of fused-ring (bicyclic) bond motifs is 1. The van der Waals surface area contributed by atoms with Gasteiger partial charge in [-0.05, 0) is 73.9 Å². The second-order valence-corrected chi connectivity index (χ2v) is 8.53. The summed E-state index contributed by atoms with van der Waals surface area (Å²) in [7, 11) is 0. The molecule has 1 fully saturated rings. The van der Waals surface area contributed by atoms with Crippen LogP contribution >= 0.6 is 12.6 Å². The lowest BCUT2D eigenvalue weighted by molar-refractivity contribution is 0.224. The summed E-state index contributed by atoms with van der Waals surface area (Å²) in [4.78, 5) is 6.15. The first-order valence-electron chi connectivity index (χ1n) is 10.7. The molecule has 2 aliphatic rings. The lowest BCUT2D eigenvalue weighted by Crippen LogP contribution is -2.47. The van der Waals surface area contributed by atoms with Crippen LogP contribution in [0.15, 0.2) is 41.3 Å². The molecule has 0 bridgehead atoms. The minimum atomic E-state index is 0.817. The van der Waals surface area contributed by atoms with Crippen molar-refractivity contribution < 1.29 is 4.74 Å². The van der Waals surface area contributed by atoms with Crippen molar-refractivity contribution in [2.24, 2.45) is 0 Å². The van der Waals surface area contributed by atoms with Crippen molar-refractivity contribution in [1.29, 1.82) is 0 Å². The van der Waals surface area contributed by atoms with Gasteiger partial charge in [-0.25, -0.2) is 0 Å². The Morgan fingerprint density at radius 3 is 2.61 bits per heavy atom. The molecule has 0 amide bonds. The van der Waals surface area contributed by atoms with E-state index in [1.165, 1.54) is 48.1 Å². The van der Waals surface area contributed by atoms with Gasteiger partial charge in [0.25, 0.3) is 0 Å². The fraction of sp³-hybridized carbons (Fsp3) is 0.500. The number of benzene rings is 2. The molecule has 1 saturated heterocycles. The minimum Gasteiger partial charge on any atom is -0.493 e. The van der Waals surface area contributed by atoms with Gasteiger partial charge in [0.15, 0.2) is 0 Å². The first-order valence-corrected chi connectivity index (χ1v) is 11.2. The predicted molar refractivity (Wildman–Crippen MR) is 120 cm³/mol. The lowest BCUT2D eigenvalue weighted by Gasteiger charge is -2.37. The van der Waals surface area contributed by atoms with Crippen LogP contribution in [0.25, 0.3) is 0 Å². The van der Waals surface area contributed by atoms with E-state index >= 15 is 0 Å². The Morgan fingerprint density at radius 2 is 1.75 bits per heavy atom. The quantitative estimate of drug-likeness (QED) is 0.560. The smallest absolute Gasteiger partial charge is 0.122 e. The second kappa shape index (κ2) is 9.23. The summed E-state index contributed by atoms with van der Waals surface area (Å²) in [5, 5.41) is 0. The third-order valence-corrected chi connectivity index (χ3v) is 6.70. The molecular weight excluding hydrogens is 364 g/mol. The van der Waals surface area contributed by atoms with Crippen molar-refractivity contribution in [3.63, 3.8) is 0 Å². The lowest BCUT2D eigenvalue weighted by atomic mass is 9.91. The highest BCUT2D eigenvalue weighted by Crippen LogP contribution is 2.30. The number of aryl methyl sites for hydroxylation is 1. The van der Waals surface area contributed by atoms with Gasteiger partial charge in [-0.3, -0.25) is 4.90 Å². The molecule has 150 valence electrons. The van der Waals surface area contributed by atoms with Crippen LogP contribution in [0.1, 0.15) is 36.0 Å². The summed E-state index contributed by atoms with van der Waals surface area (Å²) in [6.07, 6.45) is 6.11. The van der Waals surface area contributed by atoms with Gasteiger partial charge in [0, 0.05) is 43.3 Å². The molecule has 0 unspecified atom stereocenters. The Hall–Kier alpha value is -1.65. The summed E-state index contributed by atoms with van der Waals surface area (Å²) < 4.78 is 6.17. The first-order chi connectivity index (χ1) is 13.7. The SMILES string of the molecule is Cc1c(S)cccc1N1CCN(CCCOc2cccc3c2CCCC3)CC1. The predicted octanol–water partition coefficient (Wildman–Crippen LogP) is 4.75. The van der Waals surface area contributed by atoms with Crippen LogP contribution < -0.4 is 9.64 Å². The first kappa shape index (κ1) is 19.7. The maximum Gasteiger partial charge on any atom is 0.122 e. The zero-order chi connectivity index (χ0) is 19.3. The van der Waals surface area contributed by atoms with E-state index < -0.39 is 0 Å². The Labute approximate surface area is 175 Å². The van der Waals surface area contributed by atoms with E-state index in [1.807, 2.05) is 0 Å². The Bertz CT molecular complexity index is 799. The average Bonchev–Trinajstić information content (AvgIpc) is 2.74. The van der Waals surface area contributed by atoms with E-state index in [-0.39, 0.29) is 0 Å². The van der Waals surface area contributed by atoms with Gasteiger partial charge in [-0.2, -0.15) is 0 Å². The fourth-order valence-corrected chi connectivity index (χ4v) is 4.72. The van der Waals surface area contributed by atoms with E-state index in [9.17, 15) is 0 Å². The number of hydrogen-bond donors (Lipinski definition) is 1. The molecule has 28 heavy (non-hydrogen) atoms. The summed E-state index contributed by atoms with van der Waals surface area (Å²) in [5.41, 5.74) is 5.59. The molecule has 0 N–H and O–H groups in total. The summed E-state index contributed by atoms with van der Waals surface area (Å²) >= 11 is 4.57. The Morgan fingerprint density at radius 1 is 0.964 bits per heavy atom. The van der Waals surface area contributed by atoms with Gasteiger partial charge in [-0.1, -0.05) is 18.2 Å². The highest BCUT2D eigenvalue weighted by molar-refractivity contribution is 7.80. The van der Waals surface area contributed by atoms with Gasteiger partial charge < -0.3 is 9.64 Å². The van der Waals surface area contributed by atoms with Gasteiger partial charge in [0.1, 0.15) is 5.75 Å². The van der Waals surface area contributed by atoms with Crippen molar-refractivity contribution in [3.05, 3.63) is 53.1 Å². The van der Waals surface area contributed by atoms with Gasteiger partial charge in [0.2, 0.25) is 0 Å². The van der Waals surface area contributed by atoms with Crippen LogP contribution in [0.4, 0.5) is 5.69 Å². The Balaban J connectivity index is 1.22. The second-order valence-electron chi connectivity index (χ2n) is 8.05. The van der Waals surface area contributed by atoms with E-state index in [0.29, 0.717) is 0 Å². The van der Waals surface area contributed by atoms with Crippen molar-refractivity contribution in [2.75, 3.05) is 44.2 Å². The minimum absolute atomic E-state index is 0.817. The largest absolute Gasteiger partial charge is 0.493 e. The van der Waals surface area contributed by atoms with Crippen LogP contribution in [-0.4, -0.2) is 44.2 Å². The topological polar surface area (TPSA) is 15.7 Å². The molecule has 2 aromatic rings. The van der Waals surface area contributed by atoms with Crippen LogP contribution in [0, 0.1) is 6.92 Å². The number of thiol groups is 1. The van der Waals surface area contributed by atoms with Crippen molar-refractivity contribution in [2.45, 2.75) is 43.9 Å². The molecule has 0 atom stereocenters. The van der Waals surface area contributed by atoms with Gasteiger partial charge in [-0.15, -0.1) is 12.6 Å². The summed E-state index contributed by atoms with van der Waals surface area (Å²) in [6, 6.07) is 13.0. The summed E-state index contributed by atoms with van der Waals surface area (Å²) in [5.74, 6) is 1.13. The monoisotopic (exact) mass is 396 g/mol. The van der Waals surface area contributed by atoms with E-state index in [2.05, 4.69) is 65.8 Å². The standard InChI is InChI=1S/C24H32N2OS/c1-19-22(10-5-12-24(19)28)26-16-14-25(15-17-26)13-6-18-27-23-11-4-8-20-7-2-3-9-21(20)23/h4-5,8,10-12,28H,2-3,6-7,9,13-18H2,1H3. The molecule has 4 heteroatoms. The molecule has 0 aromatic heterocycles. The number of anilines is 1.